The fourth-order valence-electron chi connectivity index (χ4n) is 4.87. The number of carbonyl (C=O) groups is 2. The van der Waals surface area contributed by atoms with Crippen LogP contribution in [0, 0.1) is 17.0 Å². The highest BCUT2D eigenvalue weighted by Gasteiger charge is 2.33. The van der Waals surface area contributed by atoms with Crippen LogP contribution in [-0.2, 0) is 19.6 Å². The Hall–Kier alpha value is -3.09. The van der Waals surface area contributed by atoms with E-state index >= 15 is 0 Å². The van der Waals surface area contributed by atoms with E-state index in [-0.39, 0.29) is 48.2 Å². The van der Waals surface area contributed by atoms with Crippen molar-refractivity contribution >= 4 is 21.8 Å². The summed E-state index contributed by atoms with van der Waals surface area (Å²) in [5, 5.41) is 3.05. The van der Waals surface area contributed by atoms with Crippen LogP contribution in [0.15, 0.2) is 47.4 Å². The zero-order chi connectivity index (χ0) is 29.6. The molecule has 4 rings (SSSR count). The predicted octanol–water partition coefficient (Wildman–Crippen LogP) is 3.59. The molecule has 0 unspecified atom stereocenters. The van der Waals surface area contributed by atoms with Crippen LogP contribution in [0.4, 0.5) is 8.78 Å². The highest BCUT2D eigenvalue weighted by Crippen LogP contribution is 2.26. The molecule has 0 aromatic heterocycles. The number of halogens is 2. The Labute approximate surface area is 239 Å². The summed E-state index contributed by atoms with van der Waals surface area (Å²) in [6.07, 6.45) is 2.01. The first kappa shape index (κ1) is 30.9. The highest BCUT2D eigenvalue weighted by atomic mass is 32.2. The topological polar surface area (TPSA) is 105 Å². The molecule has 41 heavy (non-hydrogen) atoms. The Morgan fingerprint density at radius 3 is 2.29 bits per heavy atom. The molecule has 2 heterocycles. The number of morpholine rings is 1. The molecule has 9 nitrogen and oxygen atoms in total. The van der Waals surface area contributed by atoms with E-state index in [0.717, 1.165) is 12.1 Å². The first-order chi connectivity index (χ1) is 19.5. The van der Waals surface area contributed by atoms with Gasteiger partial charge in [-0.1, -0.05) is 13.8 Å². The lowest BCUT2D eigenvalue weighted by Crippen LogP contribution is -2.49. The van der Waals surface area contributed by atoms with Gasteiger partial charge in [-0.3, -0.25) is 9.59 Å². The van der Waals surface area contributed by atoms with Gasteiger partial charge < -0.3 is 19.7 Å². The summed E-state index contributed by atoms with van der Waals surface area (Å²) >= 11 is 0. The summed E-state index contributed by atoms with van der Waals surface area (Å²) < 4.78 is 65.0. The molecule has 2 aromatic carbocycles. The molecule has 0 saturated carbocycles. The fraction of sp³-hybridized carbons (Fsp3) is 0.517. The van der Waals surface area contributed by atoms with Crippen molar-refractivity contribution in [3.8, 4) is 5.75 Å². The third kappa shape index (κ3) is 7.81. The molecule has 224 valence electrons. The van der Waals surface area contributed by atoms with Crippen LogP contribution in [0.2, 0.25) is 0 Å². The van der Waals surface area contributed by atoms with Crippen LogP contribution in [0.1, 0.15) is 49.9 Å². The van der Waals surface area contributed by atoms with E-state index in [1.165, 1.54) is 22.5 Å². The van der Waals surface area contributed by atoms with E-state index in [0.29, 0.717) is 57.6 Å². The van der Waals surface area contributed by atoms with Crippen molar-refractivity contribution in [3.63, 3.8) is 0 Å². The predicted molar refractivity (Wildman–Crippen MR) is 148 cm³/mol. The lowest BCUT2D eigenvalue weighted by molar-refractivity contribution is -0.130. The second-order valence-electron chi connectivity index (χ2n) is 11.0. The molecule has 12 heteroatoms. The SMILES string of the molecule is CC(C)(CCCOc1ccc(F)c(F)c1)C(=O)NC1CCN(S(=O)(=O)c2ccc(C(=O)N3CCOCC3)cc2)CC1. The summed E-state index contributed by atoms with van der Waals surface area (Å²) in [6, 6.07) is 9.22. The van der Waals surface area contributed by atoms with Crippen LogP contribution in [-0.4, -0.2) is 81.5 Å². The van der Waals surface area contributed by atoms with E-state index in [9.17, 15) is 26.8 Å². The van der Waals surface area contributed by atoms with Gasteiger partial charge in [-0.25, -0.2) is 17.2 Å². The van der Waals surface area contributed by atoms with Gasteiger partial charge in [0, 0.05) is 49.3 Å². The summed E-state index contributed by atoms with van der Waals surface area (Å²) in [4.78, 5) is 27.4. The Balaban J connectivity index is 1.22. The van der Waals surface area contributed by atoms with Gasteiger partial charge in [-0.15, -0.1) is 0 Å². The Bertz CT molecular complexity index is 1320. The average Bonchev–Trinajstić information content (AvgIpc) is 2.97. The normalized spacial score (nSPS) is 17.3. The number of amides is 2. The van der Waals surface area contributed by atoms with E-state index in [2.05, 4.69) is 5.32 Å². The van der Waals surface area contributed by atoms with Gasteiger partial charge in [0.25, 0.3) is 5.91 Å². The second kappa shape index (κ2) is 13.3. The van der Waals surface area contributed by atoms with E-state index in [1.54, 1.807) is 17.0 Å². The smallest absolute Gasteiger partial charge is 0.254 e. The minimum Gasteiger partial charge on any atom is -0.493 e. The number of piperidine rings is 1. The van der Waals surface area contributed by atoms with E-state index in [4.69, 9.17) is 9.47 Å². The van der Waals surface area contributed by atoms with Crippen LogP contribution >= 0.6 is 0 Å². The molecule has 0 spiro atoms. The summed E-state index contributed by atoms with van der Waals surface area (Å²) in [6.45, 7) is 6.44. The lowest BCUT2D eigenvalue weighted by Gasteiger charge is -2.34. The number of nitrogens with zero attached hydrogens (tertiary/aromatic N) is 2. The van der Waals surface area contributed by atoms with Crippen molar-refractivity contribution in [2.45, 2.75) is 50.5 Å². The number of carbonyl (C=O) groups excluding carboxylic acids is 2. The maximum absolute atomic E-state index is 13.3. The molecule has 0 aliphatic carbocycles. The quantitative estimate of drug-likeness (QED) is 0.423. The number of rotatable bonds is 10. The maximum Gasteiger partial charge on any atom is 0.254 e. The number of nitrogens with one attached hydrogen (secondary N) is 1. The monoisotopic (exact) mass is 593 g/mol. The zero-order valence-corrected chi connectivity index (χ0v) is 24.2. The Morgan fingerprint density at radius 1 is 1.00 bits per heavy atom. The van der Waals surface area contributed by atoms with Crippen molar-refractivity contribution in [2.75, 3.05) is 46.0 Å². The van der Waals surface area contributed by atoms with E-state index < -0.39 is 27.1 Å². The van der Waals surface area contributed by atoms with Crippen LogP contribution in [0.3, 0.4) is 0 Å². The minimum absolute atomic E-state index is 0.130. The van der Waals surface area contributed by atoms with Crippen molar-refractivity contribution in [1.82, 2.24) is 14.5 Å². The fourth-order valence-corrected chi connectivity index (χ4v) is 6.34. The molecule has 0 bridgehead atoms. The second-order valence-corrected chi connectivity index (χ2v) is 12.9. The third-order valence-corrected chi connectivity index (χ3v) is 9.46. The number of hydrogen-bond acceptors (Lipinski definition) is 6. The molecule has 2 aliphatic heterocycles. The van der Waals surface area contributed by atoms with Crippen LogP contribution < -0.4 is 10.1 Å². The van der Waals surface area contributed by atoms with Gasteiger partial charge in [-0.05, 0) is 62.1 Å². The number of sulfonamides is 1. The molecule has 2 saturated heterocycles. The molecule has 2 aromatic rings. The Morgan fingerprint density at radius 2 is 1.66 bits per heavy atom. The minimum atomic E-state index is -3.74. The third-order valence-electron chi connectivity index (χ3n) is 7.55. The largest absolute Gasteiger partial charge is 0.493 e. The maximum atomic E-state index is 13.3. The molecule has 0 radical (unpaired) electrons. The Kier molecular flexibility index (Phi) is 9.98. The highest BCUT2D eigenvalue weighted by molar-refractivity contribution is 7.89. The standard InChI is InChI=1S/C29H37F2N3O6S/c1-29(2,12-3-17-40-23-6-9-25(30)26(31)20-23)28(36)32-22-10-13-34(14-11-22)41(37,38)24-7-4-21(5-8-24)27(35)33-15-18-39-19-16-33/h4-9,20,22H,3,10-19H2,1-2H3,(H,32,36). The van der Waals surface area contributed by atoms with Gasteiger partial charge >= 0.3 is 0 Å². The molecular weight excluding hydrogens is 556 g/mol. The van der Waals surface area contributed by atoms with Crippen LogP contribution in [0.5, 0.6) is 5.75 Å². The van der Waals surface area contributed by atoms with Gasteiger partial charge in [0.1, 0.15) is 5.75 Å². The molecule has 1 N–H and O–H groups in total. The molecule has 0 atom stereocenters. The zero-order valence-electron chi connectivity index (χ0n) is 23.4. The molecule has 2 amide bonds. The summed E-state index contributed by atoms with van der Waals surface area (Å²) in [7, 11) is -3.74. The van der Waals surface area contributed by atoms with Gasteiger partial charge in [0.2, 0.25) is 15.9 Å². The summed E-state index contributed by atoms with van der Waals surface area (Å²) in [5.74, 6) is -1.97. The van der Waals surface area contributed by atoms with Crippen molar-refractivity contribution in [2.24, 2.45) is 5.41 Å². The number of ether oxygens (including phenoxy) is 2. The first-order valence-corrected chi connectivity index (χ1v) is 15.3. The van der Waals surface area contributed by atoms with Crippen molar-refractivity contribution in [3.05, 3.63) is 59.7 Å². The van der Waals surface area contributed by atoms with Gasteiger partial charge in [0.05, 0.1) is 24.7 Å². The van der Waals surface area contributed by atoms with Crippen molar-refractivity contribution < 1.29 is 36.3 Å². The lowest BCUT2D eigenvalue weighted by atomic mass is 9.86. The van der Waals surface area contributed by atoms with Gasteiger partial charge in [0.15, 0.2) is 11.6 Å². The number of hydrogen-bond donors (Lipinski definition) is 1. The summed E-state index contributed by atoms with van der Waals surface area (Å²) in [5.41, 5.74) is -0.258. The average molecular weight is 594 g/mol. The molecular formula is C29H37F2N3O6S. The van der Waals surface area contributed by atoms with Crippen LogP contribution in [0.25, 0.3) is 0 Å². The molecule has 2 aliphatic rings. The van der Waals surface area contributed by atoms with E-state index in [1.807, 2.05) is 13.8 Å². The molecule has 2 fully saturated rings. The van der Waals surface area contributed by atoms with Gasteiger partial charge in [-0.2, -0.15) is 4.31 Å². The van der Waals surface area contributed by atoms with Crippen molar-refractivity contribution in [1.29, 1.82) is 0 Å². The number of benzene rings is 2. The first-order valence-electron chi connectivity index (χ1n) is 13.8.